The molecule has 98 valence electrons. The number of hydrogen-bond acceptors (Lipinski definition) is 3. The van der Waals surface area contributed by atoms with Crippen LogP contribution in [0.3, 0.4) is 0 Å². The Bertz CT molecular complexity index is 291. The zero-order valence-electron chi connectivity index (χ0n) is 10.2. The van der Waals surface area contributed by atoms with Crippen molar-refractivity contribution < 1.29 is 19.5 Å². The van der Waals surface area contributed by atoms with Gasteiger partial charge >= 0.3 is 5.97 Å². The van der Waals surface area contributed by atoms with Gasteiger partial charge in [-0.1, -0.05) is 26.7 Å². The Balaban J connectivity index is 4.29. The molecule has 0 heterocycles. The first-order valence-corrected chi connectivity index (χ1v) is 5.70. The minimum Gasteiger partial charge on any atom is -0.481 e. The van der Waals surface area contributed by atoms with Crippen LogP contribution >= 0.6 is 0 Å². The van der Waals surface area contributed by atoms with Gasteiger partial charge in [-0.3, -0.25) is 14.4 Å². The van der Waals surface area contributed by atoms with Crippen molar-refractivity contribution in [3.05, 3.63) is 0 Å². The molecule has 0 saturated heterocycles. The Hall–Kier alpha value is -1.59. The number of carbonyl (C=O) groups is 3. The third-order valence-electron chi connectivity index (χ3n) is 2.48. The molecule has 17 heavy (non-hydrogen) atoms. The minimum absolute atomic E-state index is 0.245. The third kappa shape index (κ3) is 6.55. The lowest BCUT2D eigenvalue weighted by molar-refractivity contribution is -0.140. The molecular weight excluding hydrogens is 224 g/mol. The summed E-state index contributed by atoms with van der Waals surface area (Å²) in [5, 5.41) is 10.9. The zero-order chi connectivity index (χ0) is 13.4. The average molecular weight is 244 g/mol. The van der Waals surface area contributed by atoms with Crippen molar-refractivity contribution >= 4 is 17.8 Å². The molecule has 0 aliphatic carbocycles. The van der Waals surface area contributed by atoms with E-state index in [4.69, 9.17) is 10.8 Å². The molecule has 0 aliphatic rings. The van der Waals surface area contributed by atoms with E-state index in [1.54, 1.807) is 6.92 Å². The molecule has 0 aromatic carbocycles. The average Bonchev–Trinajstić information content (AvgIpc) is 2.23. The van der Waals surface area contributed by atoms with E-state index in [1.807, 2.05) is 6.92 Å². The van der Waals surface area contributed by atoms with Crippen molar-refractivity contribution in [2.75, 3.05) is 0 Å². The highest BCUT2D eigenvalue weighted by Gasteiger charge is 2.23. The molecular formula is C11H20N2O4. The van der Waals surface area contributed by atoms with Gasteiger partial charge in [0.05, 0.1) is 6.42 Å². The van der Waals surface area contributed by atoms with E-state index in [-0.39, 0.29) is 11.8 Å². The quantitative estimate of drug-likeness (QED) is 0.568. The molecule has 0 saturated carbocycles. The van der Waals surface area contributed by atoms with Crippen LogP contribution in [0.15, 0.2) is 0 Å². The van der Waals surface area contributed by atoms with Gasteiger partial charge < -0.3 is 16.2 Å². The fraction of sp³-hybridized carbons (Fsp3) is 0.727. The maximum atomic E-state index is 11.6. The van der Waals surface area contributed by atoms with E-state index in [0.717, 1.165) is 12.8 Å². The molecule has 0 bridgehead atoms. The number of nitrogens with two attached hydrogens (primary N) is 1. The van der Waals surface area contributed by atoms with E-state index < -0.39 is 24.3 Å². The predicted octanol–water partition coefficient (Wildman–Crippen LogP) is 0.258. The number of aliphatic carboxylic acids is 1. The van der Waals surface area contributed by atoms with Gasteiger partial charge in [0.1, 0.15) is 6.04 Å². The number of rotatable bonds is 8. The van der Waals surface area contributed by atoms with Crippen LogP contribution in [0.25, 0.3) is 0 Å². The predicted molar refractivity (Wildman–Crippen MR) is 62.1 cm³/mol. The maximum Gasteiger partial charge on any atom is 0.305 e. The number of carboxylic acid groups (broad SMARTS) is 1. The van der Waals surface area contributed by atoms with E-state index in [9.17, 15) is 14.4 Å². The second-order valence-corrected chi connectivity index (χ2v) is 4.10. The Kier molecular flexibility index (Phi) is 6.93. The summed E-state index contributed by atoms with van der Waals surface area (Å²) >= 11 is 0. The highest BCUT2D eigenvalue weighted by atomic mass is 16.4. The van der Waals surface area contributed by atoms with Crippen LogP contribution < -0.4 is 11.1 Å². The van der Waals surface area contributed by atoms with Crippen LogP contribution in [0, 0.1) is 5.92 Å². The molecule has 6 nitrogen and oxygen atoms in total. The number of hydrogen-bond donors (Lipinski definition) is 3. The van der Waals surface area contributed by atoms with Crippen LogP contribution in [-0.2, 0) is 14.4 Å². The van der Waals surface area contributed by atoms with Gasteiger partial charge in [0.25, 0.3) is 0 Å². The molecule has 0 rings (SSSR count). The number of carboxylic acids is 1. The van der Waals surface area contributed by atoms with Crippen LogP contribution in [0.4, 0.5) is 0 Å². The van der Waals surface area contributed by atoms with Crippen molar-refractivity contribution in [2.45, 2.75) is 45.6 Å². The van der Waals surface area contributed by atoms with Crippen LogP contribution in [0.5, 0.6) is 0 Å². The van der Waals surface area contributed by atoms with E-state index in [1.165, 1.54) is 0 Å². The fourth-order valence-corrected chi connectivity index (χ4v) is 1.35. The van der Waals surface area contributed by atoms with Crippen molar-refractivity contribution in [3.8, 4) is 0 Å². The monoisotopic (exact) mass is 244 g/mol. The van der Waals surface area contributed by atoms with Gasteiger partial charge in [-0.05, 0) is 6.42 Å². The standard InChI is InChI=1S/C11H20N2O4/c1-3-4-5-7(2)11(17)13-8(10(12)16)6-9(14)15/h7-8H,3-6H2,1-2H3,(H2,12,16)(H,13,17)(H,14,15). The van der Waals surface area contributed by atoms with Crippen molar-refractivity contribution in [2.24, 2.45) is 11.7 Å². The van der Waals surface area contributed by atoms with Crippen molar-refractivity contribution in [3.63, 3.8) is 0 Å². The Morgan fingerprint density at radius 3 is 2.35 bits per heavy atom. The van der Waals surface area contributed by atoms with Crippen molar-refractivity contribution in [1.29, 1.82) is 0 Å². The lowest BCUT2D eigenvalue weighted by Gasteiger charge is -2.16. The molecule has 0 spiro atoms. The second kappa shape index (κ2) is 7.65. The van der Waals surface area contributed by atoms with Crippen LogP contribution in [0.2, 0.25) is 0 Å². The van der Waals surface area contributed by atoms with Gasteiger partial charge in [-0.15, -0.1) is 0 Å². The summed E-state index contributed by atoms with van der Waals surface area (Å²) in [5.41, 5.74) is 5.02. The molecule has 2 amide bonds. The first-order chi connectivity index (χ1) is 7.88. The Morgan fingerprint density at radius 2 is 1.94 bits per heavy atom. The maximum absolute atomic E-state index is 11.6. The topological polar surface area (TPSA) is 109 Å². The molecule has 0 fully saturated rings. The second-order valence-electron chi connectivity index (χ2n) is 4.10. The fourth-order valence-electron chi connectivity index (χ4n) is 1.35. The Morgan fingerprint density at radius 1 is 1.35 bits per heavy atom. The molecule has 4 N–H and O–H groups in total. The third-order valence-corrected chi connectivity index (χ3v) is 2.48. The molecule has 2 atom stereocenters. The van der Waals surface area contributed by atoms with Crippen LogP contribution in [0.1, 0.15) is 39.5 Å². The summed E-state index contributed by atoms with van der Waals surface area (Å²) in [4.78, 5) is 33.1. The Labute approximate surface area is 101 Å². The zero-order valence-corrected chi connectivity index (χ0v) is 10.2. The highest BCUT2D eigenvalue weighted by molar-refractivity contribution is 5.90. The van der Waals surface area contributed by atoms with Gasteiger partial charge in [-0.2, -0.15) is 0 Å². The van der Waals surface area contributed by atoms with Gasteiger partial charge in [0.2, 0.25) is 11.8 Å². The van der Waals surface area contributed by atoms with E-state index in [0.29, 0.717) is 6.42 Å². The smallest absolute Gasteiger partial charge is 0.305 e. The summed E-state index contributed by atoms with van der Waals surface area (Å²) in [7, 11) is 0. The van der Waals surface area contributed by atoms with E-state index in [2.05, 4.69) is 5.32 Å². The molecule has 0 aromatic heterocycles. The number of primary amides is 1. The SMILES string of the molecule is CCCCC(C)C(=O)NC(CC(=O)O)C(N)=O. The highest BCUT2D eigenvalue weighted by Crippen LogP contribution is 2.08. The molecule has 2 unspecified atom stereocenters. The lowest BCUT2D eigenvalue weighted by Crippen LogP contribution is -2.47. The summed E-state index contributed by atoms with van der Waals surface area (Å²) in [6, 6.07) is -1.14. The van der Waals surface area contributed by atoms with E-state index >= 15 is 0 Å². The molecule has 0 aromatic rings. The van der Waals surface area contributed by atoms with Gasteiger partial charge in [-0.25, -0.2) is 0 Å². The first-order valence-electron chi connectivity index (χ1n) is 5.70. The summed E-state index contributed by atoms with van der Waals surface area (Å²) < 4.78 is 0. The number of amides is 2. The normalized spacial score (nSPS) is 13.8. The largest absolute Gasteiger partial charge is 0.481 e. The summed E-state index contributed by atoms with van der Waals surface area (Å²) in [6.45, 7) is 3.76. The molecule has 0 radical (unpaired) electrons. The van der Waals surface area contributed by atoms with Crippen molar-refractivity contribution in [1.82, 2.24) is 5.32 Å². The van der Waals surface area contributed by atoms with Crippen LogP contribution in [-0.4, -0.2) is 28.9 Å². The minimum atomic E-state index is -1.17. The molecule has 6 heteroatoms. The lowest BCUT2D eigenvalue weighted by atomic mass is 10.0. The van der Waals surface area contributed by atoms with Gasteiger partial charge in [0.15, 0.2) is 0 Å². The number of unbranched alkanes of at least 4 members (excludes halogenated alkanes) is 1. The summed E-state index contributed by atoms with van der Waals surface area (Å²) in [5.74, 6) is -2.58. The number of carbonyl (C=O) groups excluding carboxylic acids is 2. The first kappa shape index (κ1) is 15.4. The summed E-state index contributed by atoms with van der Waals surface area (Å²) in [6.07, 6.45) is 2.11. The molecule has 0 aliphatic heterocycles. The van der Waals surface area contributed by atoms with Gasteiger partial charge in [0, 0.05) is 5.92 Å². The number of nitrogens with one attached hydrogen (secondary N) is 1.